The van der Waals surface area contributed by atoms with E-state index in [-0.39, 0.29) is 12.4 Å². The van der Waals surface area contributed by atoms with Crippen molar-refractivity contribution in [3.63, 3.8) is 0 Å². The number of rotatable bonds is 5. The minimum atomic E-state index is 0. The molecular weight excluding hydrogens is 426 g/mol. The molecule has 0 aliphatic carbocycles. The fraction of sp³-hybridized carbons (Fsp3) is 0.345. The van der Waals surface area contributed by atoms with Crippen molar-refractivity contribution in [1.29, 1.82) is 0 Å². The Balaban J connectivity index is 0.00000259. The molecule has 4 heteroatoms. The minimum Gasteiger partial charge on any atom is -0.355 e. The van der Waals surface area contributed by atoms with Gasteiger partial charge in [-0.25, -0.2) is 4.98 Å². The van der Waals surface area contributed by atoms with Crippen molar-refractivity contribution < 1.29 is 0 Å². The summed E-state index contributed by atoms with van der Waals surface area (Å²) in [4.78, 5) is 7.44. The van der Waals surface area contributed by atoms with E-state index in [0.29, 0.717) is 0 Å². The van der Waals surface area contributed by atoms with E-state index in [4.69, 9.17) is 4.98 Å². The largest absolute Gasteiger partial charge is 0.355 e. The van der Waals surface area contributed by atoms with Gasteiger partial charge in [0.1, 0.15) is 0 Å². The Morgan fingerprint density at radius 2 is 1.61 bits per heavy atom. The first-order valence-electron chi connectivity index (χ1n) is 11.9. The Bertz CT molecular complexity index is 1220. The molecule has 2 aromatic carbocycles. The van der Waals surface area contributed by atoms with Crippen LogP contribution >= 0.6 is 12.4 Å². The summed E-state index contributed by atoms with van der Waals surface area (Å²) >= 11 is 0. The van der Waals surface area contributed by atoms with Crippen LogP contribution < -0.4 is 4.90 Å². The van der Waals surface area contributed by atoms with E-state index >= 15 is 0 Å². The number of halogens is 1. The van der Waals surface area contributed by atoms with Crippen molar-refractivity contribution in [1.82, 2.24) is 9.55 Å². The van der Waals surface area contributed by atoms with Gasteiger partial charge in [-0.2, -0.15) is 0 Å². The molecule has 0 saturated carbocycles. The van der Waals surface area contributed by atoms with Gasteiger partial charge < -0.3 is 9.47 Å². The van der Waals surface area contributed by atoms with Crippen LogP contribution in [0.1, 0.15) is 40.8 Å². The van der Waals surface area contributed by atoms with Gasteiger partial charge in [-0.1, -0.05) is 60.2 Å². The highest BCUT2D eigenvalue weighted by atomic mass is 35.5. The number of anilines is 1. The molecule has 0 radical (unpaired) electrons. The molecule has 1 saturated heterocycles. The SMILES string of the molecule is Cc1cccc(Cn2c(C)c(C)c3ccnc(N4CCC(Cc5ccccc5)CC4)c32)c1.Cl. The van der Waals surface area contributed by atoms with E-state index in [1.807, 2.05) is 6.20 Å². The molecule has 3 heterocycles. The first-order chi connectivity index (χ1) is 15.6. The van der Waals surface area contributed by atoms with E-state index in [9.17, 15) is 0 Å². The van der Waals surface area contributed by atoms with E-state index in [1.54, 1.807) is 0 Å². The van der Waals surface area contributed by atoms with Crippen LogP contribution in [-0.2, 0) is 13.0 Å². The van der Waals surface area contributed by atoms with Crippen LogP contribution in [0, 0.1) is 26.7 Å². The molecule has 33 heavy (non-hydrogen) atoms. The molecule has 1 aliphatic rings. The molecule has 0 bridgehead atoms. The Labute approximate surface area is 203 Å². The van der Waals surface area contributed by atoms with Crippen molar-refractivity contribution in [2.24, 2.45) is 5.92 Å². The lowest BCUT2D eigenvalue weighted by Gasteiger charge is -2.33. The lowest BCUT2D eigenvalue weighted by molar-refractivity contribution is 0.402. The molecule has 0 N–H and O–H groups in total. The zero-order valence-corrected chi connectivity index (χ0v) is 20.7. The quantitative estimate of drug-likeness (QED) is 0.324. The second kappa shape index (κ2) is 10.0. The Kier molecular flexibility index (Phi) is 7.09. The van der Waals surface area contributed by atoms with Crippen molar-refractivity contribution >= 4 is 29.1 Å². The van der Waals surface area contributed by atoms with Crippen LogP contribution in [0.15, 0.2) is 66.9 Å². The number of nitrogens with zero attached hydrogens (tertiary/aromatic N) is 3. The molecular formula is C29H34ClN3. The molecule has 0 amide bonds. The molecule has 0 atom stereocenters. The number of pyridine rings is 1. The molecule has 1 aliphatic heterocycles. The van der Waals surface area contributed by atoms with Gasteiger partial charge in [0.05, 0.1) is 5.52 Å². The molecule has 5 rings (SSSR count). The van der Waals surface area contributed by atoms with Gasteiger partial charge in [-0.3, -0.25) is 0 Å². The van der Waals surface area contributed by atoms with Crippen molar-refractivity contribution in [3.05, 3.63) is 94.8 Å². The van der Waals surface area contributed by atoms with E-state index in [2.05, 4.69) is 90.9 Å². The summed E-state index contributed by atoms with van der Waals surface area (Å²) in [6.07, 6.45) is 5.64. The van der Waals surface area contributed by atoms with Crippen molar-refractivity contribution in [3.8, 4) is 0 Å². The van der Waals surface area contributed by atoms with Gasteiger partial charge in [-0.05, 0) is 68.7 Å². The number of hydrogen-bond donors (Lipinski definition) is 0. The van der Waals surface area contributed by atoms with Crippen molar-refractivity contribution in [2.75, 3.05) is 18.0 Å². The van der Waals surface area contributed by atoms with Gasteiger partial charge in [0.2, 0.25) is 0 Å². The Morgan fingerprint density at radius 1 is 0.879 bits per heavy atom. The first-order valence-corrected chi connectivity index (χ1v) is 11.9. The third-order valence-corrected chi connectivity index (χ3v) is 7.23. The predicted molar refractivity (Wildman–Crippen MR) is 142 cm³/mol. The number of fused-ring (bicyclic) bond motifs is 1. The summed E-state index contributed by atoms with van der Waals surface area (Å²) < 4.78 is 2.48. The van der Waals surface area contributed by atoms with Crippen LogP contribution in [0.3, 0.4) is 0 Å². The lowest BCUT2D eigenvalue weighted by Crippen LogP contribution is -2.35. The van der Waals surface area contributed by atoms with Crippen LogP contribution in [-0.4, -0.2) is 22.6 Å². The fourth-order valence-corrected chi connectivity index (χ4v) is 5.30. The monoisotopic (exact) mass is 459 g/mol. The fourth-order valence-electron chi connectivity index (χ4n) is 5.30. The van der Waals surface area contributed by atoms with Gasteiger partial charge >= 0.3 is 0 Å². The predicted octanol–water partition coefficient (Wildman–Crippen LogP) is 6.89. The summed E-state index contributed by atoms with van der Waals surface area (Å²) in [5.41, 5.74) is 8.13. The first kappa shape index (κ1) is 23.4. The topological polar surface area (TPSA) is 21.1 Å². The van der Waals surface area contributed by atoms with Crippen LogP contribution in [0.25, 0.3) is 10.9 Å². The second-order valence-electron chi connectivity index (χ2n) is 9.44. The third kappa shape index (κ3) is 4.79. The summed E-state index contributed by atoms with van der Waals surface area (Å²) in [6, 6.07) is 22.0. The van der Waals surface area contributed by atoms with Gasteiger partial charge in [0.15, 0.2) is 5.82 Å². The molecule has 4 aromatic rings. The third-order valence-electron chi connectivity index (χ3n) is 7.23. The highest BCUT2D eigenvalue weighted by Crippen LogP contribution is 2.34. The molecule has 2 aromatic heterocycles. The van der Waals surface area contributed by atoms with E-state index in [1.165, 1.54) is 58.1 Å². The van der Waals surface area contributed by atoms with E-state index < -0.39 is 0 Å². The van der Waals surface area contributed by atoms with Crippen LogP contribution in [0.2, 0.25) is 0 Å². The molecule has 3 nitrogen and oxygen atoms in total. The normalized spacial score (nSPS) is 14.5. The Hall–Kier alpha value is -2.78. The van der Waals surface area contributed by atoms with Gasteiger partial charge in [0.25, 0.3) is 0 Å². The lowest BCUT2D eigenvalue weighted by atomic mass is 9.90. The second-order valence-corrected chi connectivity index (χ2v) is 9.44. The molecule has 172 valence electrons. The molecule has 0 spiro atoms. The maximum absolute atomic E-state index is 4.92. The minimum absolute atomic E-state index is 0. The number of aryl methyl sites for hydroxylation is 2. The molecule has 0 unspecified atom stereocenters. The highest BCUT2D eigenvalue weighted by Gasteiger charge is 2.24. The zero-order valence-electron chi connectivity index (χ0n) is 19.9. The summed E-state index contributed by atoms with van der Waals surface area (Å²) in [7, 11) is 0. The van der Waals surface area contributed by atoms with E-state index in [0.717, 1.165) is 31.4 Å². The number of hydrogen-bond acceptors (Lipinski definition) is 2. The average Bonchev–Trinajstić information content (AvgIpc) is 3.05. The number of aromatic nitrogens is 2. The summed E-state index contributed by atoms with van der Waals surface area (Å²) in [5, 5.41) is 1.34. The Morgan fingerprint density at radius 3 is 2.33 bits per heavy atom. The van der Waals surface area contributed by atoms with Crippen molar-refractivity contribution in [2.45, 2.75) is 46.6 Å². The average molecular weight is 460 g/mol. The summed E-state index contributed by atoms with van der Waals surface area (Å²) in [6.45, 7) is 9.72. The molecule has 1 fully saturated rings. The smallest absolute Gasteiger partial charge is 0.153 e. The maximum Gasteiger partial charge on any atom is 0.153 e. The standard InChI is InChI=1S/C29H33N3.ClH/c1-21-8-7-11-26(18-21)20-32-23(3)22(2)27-12-15-30-29(28(27)32)31-16-13-25(14-17-31)19-24-9-5-4-6-10-24;/h4-12,15,18,25H,13-14,16-17,19-20H2,1-3H3;1H. The van der Waals surface area contributed by atoms with Gasteiger partial charge in [0, 0.05) is 36.9 Å². The van der Waals surface area contributed by atoms with Crippen LogP contribution in [0.5, 0.6) is 0 Å². The highest BCUT2D eigenvalue weighted by molar-refractivity contribution is 5.93. The number of piperidine rings is 1. The van der Waals surface area contributed by atoms with Crippen LogP contribution in [0.4, 0.5) is 5.82 Å². The zero-order chi connectivity index (χ0) is 22.1. The number of benzene rings is 2. The summed E-state index contributed by atoms with van der Waals surface area (Å²) in [5.74, 6) is 1.92. The maximum atomic E-state index is 4.92. The van der Waals surface area contributed by atoms with Gasteiger partial charge in [-0.15, -0.1) is 12.4 Å².